The largest absolute Gasteiger partial charge is 0.326 e. The Hall–Kier alpha value is -1.28. The van der Waals surface area contributed by atoms with Crippen molar-refractivity contribution in [3.63, 3.8) is 0 Å². The van der Waals surface area contributed by atoms with Gasteiger partial charge in [-0.15, -0.1) is 0 Å². The van der Waals surface area contributed by atoms with Crippen LogP contribution in [0, 0.1) is 5.82 Å². The Kier molecular flexibility index (Phi) is 5.10. The quantitative estimate of drug-likeness (QED) is 0.846. The van der Waals surface area contributed by atoms with Crippen LogP contribution in [0.5, 0.6) is 0 Å². The Balaban J connectivity index is 2.20. The third-order valence-corrected chi connectivity index (χ3v) is 5.03. The number of hydrogen-bond acceptors (Lipinski definition) is 3. The summed E-state index contributed by atoms with van der Waals surface area (Å²) in [6.07, 6.45) is 0. The van der Waals surface area contributed by atoms with Gasteiger partial charge in [-0.05, 0) is 45.3 Å². The lowest BCUT2D eigenvalue weighted by Crippen LogP contribution is -2.24. The van der Waals surface area contributed by atoms with Crippen molar-refractivity contribution >= 4 is 26.0 Å². The highest BCUT2D eigenvalue weighted by molar-refractivity contribution is 9.10. The number of hydrogen-bond donors (Lipinski definition) is 2. The molecule has 0 spiro atoms. The Bertz CT molecular complexity index is 750. The van der Waals surface area contributed by atoms with Gasteiger partial charge in [0.1, 0.15) is 5.82 Å². The average molecular weight is 373 g/mol. The maximum atomic E-state index is 13.4. The molecule has 0 unspecified atom stereocenters. The van der Waals surface area contributed by atoms with Gasteiger partial charge in [0, 0.05) is 13.1 Å². The summed E-state index contributed by atoms with van der Waals surface area (Å²) in [4.78, 5) is -0.117. The molecule has 3 N–H and O–H groups in total. The van der Waals surface area contributed by atoms with Gasteiger partial charge >= 0.3 is 0 Å². The molecule has 0 amide bonds. The van der Waals surface area contributed by atoms with Gasteiger partial charge in [-0.3, -0.25) is 0 Å². The van der Waals surface area contributed by atoms with E-state index in [9.17, 15) is 12.8 Å². The molecule has 0 saturated carbocycles. The summed E-state index contributed by atoms with van der Waals surface area (Å²) in [5.74, 6) is -0.625. The molecule has 0 aliphatic carbocycles. The van der Waals surface area contributed by atoms with E-state index in [2.05, 4.69) is 20.7 Å². The zero-order chi connectivity index (χ0) is 15.5. The van der Waals surface area contributed by atoms with E-state index in [0.29, 0.717) is 6.54 Å². The smallest absolute Gasteiger partial charge is 0.240 e. The fraction of sp³-hybridized carbons (Fsp3) is 0.143. The Morgan fingerprint density at radius 1 is 1.14 bits per heavy atom. The first-order valence-electron chi connectivity index (χ1n) is 6.15. The van der Waals surface area contributed by atoms with Gasteiger partial charge in [-0.1, -0.05) is 24.3 Å². The summed E-state index contributed by atoms with van der Waals surface area (Å²) in [5, 5.41) is 0. The summed E-state index contributed by atoms with van der Waals surface area (Å²) in [6, 6.07) is 10.9. The molecule has 0 atom stereocenters. The average Bonchev–Trinajstić information content (AvgIpc) is 2.48. The lowest BCUT2D eigenvalue weighted by atomic mass is 10.1. The van der Waals surface area contributed by atoms with E-state index in [1.165, 1.54) is 12.1 Å². The van der Waals surface area contributed by atoms with Crippen LogP contribution in [0.15, 0.2) is 51.8 Å². The van der Waals surface area contributed by atoms with E-state index >= 15 is 0 Å². The van der Waals surface area contributed by atoms with Gasteiger partial charge in [-0.2, -0.15) is 0 Å². The molecule has 2 rings (SSSR count). The zero-order valence-electron chi connectivity index (χ0n) is 11.0. The van der Waals surface area contributed by atoms with Crippen LogP contribution in [0.2, 0.25) is 0 Å². The molecule has 0 aliphatic heterocycles. The molecule has 4 nitrogen and oxygen atoms in total. The first-order valence-corrected chi connectivity index (χ1v) is 8.43. The van der Waals surface area contributed by atoms with E-state index in [0.717, 1.165) is 17.2 Å². The van der Waals surface area contributed by atoms with Gasteiger partial charge in [0.05, 0.1) is 9.37 Å². The van der Waals surface area contributed by atoms with Crippen LogP contribution < -0.4 is 10.5 Å². The van der Waals surface area contributed by atoms with Gasteiger partial charge in [0.2, 0.25) is 10.0 Å². The van der Waals surface area contributed by atoms with Crippen molar-refractivity contribution in [2.45, 2.75) is 18.0 Å². The number of nitrogens with one attached hydrogen (secondary N) is 1. The highest BCUT2D eigenvalue weighted by Gasteiger charge is 2.16. The predicted molar refractivity (Wildman–Crippen MR) is 82.5 cm³/mol. The molecule has 21 heavy (non-hydrogen) atoms. The zero-order valence-corrected chi connectivity index (χ0v) is 13.4. The Morgan fingerprint density at radius 2 is 1.81 bits per heavy atom. The Morgan fingerprint density at radius 3 is 2.43 bits per heavy atom. The monoisotopic (exact) mass is 372 g/mol. The minimum atomic E-state index is -3.77. The number of benzene rings is 2. The lowest BCUT2D eigenvalue weighted by molar-refractivity contribution is 0.576. The van der Waals surface area contributed by atoms with Crippen LogP contribution in [0.25, 0.3) is 0 Å². The van der Waals surface area contributed by atoms with Gasteiger partial charge < -0.3 is 5.73 Å². The van der Waals surface area contributed by atoms with Crippen molar-refractivity contribution in [2.24, 2.45) is 5.73 Å². The molecule has 0 radical (unpaired) electrons. The van der Waals surface area contributed by atoms with Crippen LogP contribution in [0.3, 0.4) is 0 Å². The Labute approximate surface area is 131 Å². The van der Waals surface area contributed by atoms with Crippen LogP contribution in [0.1, 0.15) is 11.1 Å². The fourth-order valence-corrected chi connectivity index (χ4v) is 3.09. The van der Waals surface area contributed by atoms with Crippen molar-refractivity contribution in [1.29, 1.82) is 0 Å². The van der Waals surface area contributed by atoms with Crippen molar-refractivity contribution in [3.05, 3.63) is 63.9 Å². The van der Waals surface area contributed by atoms with Crippen molar-refractivity contribution in [3.8, 4) is 0 Å². The topological polar surface area (TPSA) is 72.2 Å². The van der Waals surface area contributed by atoms with Crippen LogP contribution >= 0.6 is 15.9 Å². The minimum absolute atomic E-state index is 0.105. The predicted octanol–water partition coefficient (Wildman–Crippen LogP) is 2.53. The second kappa shape index (κ2) is 6.65. The fourth-order valence-electron chi connectivity index (χ4n) is 1.83. The molecular weight excluding hydrogens is 359 g/mol. The maximum Gasteiger partial charge on any atom is 0.240 e. The van der Waals surface area contributed by atoms with Gasteiger partial charge in [0.15, 0.2) is 0 Å². The summed E-state index contributed by atoms with van der Waals surface area (Å²) in [5.41, 5.74) is 7.26. The molecule has 7 heteroatoms. The second-order valence-corrected chi connectivity index (χ2v) is 6.99. The standard InChI is InChI=1S/C14H14BrFN2O2S/c15-13-6-5-12(7-14(13)16)21(19,20)18-9-11-4-2-1-3-10(11)8-17/h1-7,18H,8-9,17H2. The van der Waals surface area contributed by atoms with E-state index in [1.807, 2.05) is 18.2 Å². The molecule has 0 aliphatic rings. The minimum Gasteiger partial charge on any atom is -0.326 e. The SMILES string of the molecule is NCc1ccccc1CNS(=O)(=O)c1ccc(Br)c(F)c1. The van der Waals surface area contributed by atoms with Crippen LogP contribution in [-0.2, 0) is 23.1 Å². The number of rotatable bonds is 5. The molecule has 112 valence electrons. The van der Waals surface area contributed by atoms with E-state index in [1.54, 1.807) is 6.07 Å². The van der Waals surface area contributed by atoms with Crippen LogP contribution in [-0.4, -0.2) is 8.42 Å². The van der Waals surface area contributed by atoms with E-state index < -0.39 is 15.8 Å². The van der Waals surface area contributed by atoms with E-state index in [4.69, 9.17) is 5.73 Å². The first-order chi connectivity index (χ1) is 9.94. The molecule has 2 aromatic carbocycles. The van der Waals surface area contributed by atoms with Crippen molar-refractivity contribution < 1.29 is 12.8 Å². The molecule has 0 bridgehead atoms. The first kappa shape index (κ1) is 16.1. The third-order valence-electron chi connectivity index (χ3n) is 2.99. The molecule has 2 aromatic rings. The number of halogens is 2. The summed E-state index contributed by atoms with van der Waals surface area (Å²) in [6.45, 7) is 0.429. The summed E-state index contributed by atoms with van der Waals surface area (Å²) >= 11 is 2.99. The summed E-state index contributed by atoms with van der Waals surface area (Å²) in [7, 11) is -3.77. The molecular formula is C14H14BrFN2O2S. The molecule has 0 heterocycles. The maximum absolute atomic E-state index is 13.4. The van der Waals surface area contributed by atoms with Crippen molar-refractivity contribution in [2.75, 3.05) is 0 Å². The highest BCUT2D eigenvalue weighted by atomic mass is 79.9. The van der Waals surface area contributed by atoms with Gasteiger partial charge in [-0.25, -0.2) is 17.5 Å². The van der Waals surface area contributed by atoms with Crippen LogP contribution in [0.4, 0.5) is 4.39 Å². The van der Waals surface area contributed by atoms with E-state index in [-0.39, 0.29) is 15.9 Å². The highest BCUT2D eigenvalue weighted by Crippen LogP contribution is 2.19. The van der Waals surface area contributed by atoms with Gasteiger partial charge in [0.25, 0.3) is 0 Å². The van der Waals surface area contributed by atoms with Crippen molar-refractivity contribution in [1.82, 2.24) is 4.72 Å². The molecule has 0 saturated heterocycles. The molecule has 0 aromatic heterocycles. The number of nitrogens with two attached hydrogens (primary N) is 1. The normalized spacial score (nSPS) is 11.6. The summed E-state index contributed by atoms with van der Waals surface area (Å²) < 4.78 is 40.4. The molecule has 0 fully saturated rings. The number of sulfonamides is 1. The second-order valence-electron chi connectivity index (χ2n) is 4.37. The third kappa shape index (κ3) is 3.88. The lowest BCUT2D eigenvalue weighted by Gasteiger charge is -2.10.